The molecule has 0 spiro atoms. The second kappa shape index (κ2) is 7.13. The number of piperidine rings is 1. The number of rotatable bonds is 6. The molecule has 0 saturated carbocycles. The van der Waals surface area contributed by atoms with Crippen LogP contribution in [0.15, 0.2) is 0 Å². The average molecular weight is 281 g/mol. The Kier molecular flexibility index (Phi) is 5.48. The molecule has 0 aromatic carbocycles. The molecule has 0 bridgehead atoms. The molecule has 1 fully saturated rings. The fraction of sp³-hybridized carbons (Fsp3) is 0.929. The van der Waals surface area contributed by atoms with E-state index < -0.39 is 0 Å². The third-order valence-electron chi connectivity index (χ3n) is 4.04. The zero-order chi connectivity index (χ0) is 14.5. The van der Waals surface area contributed by atoms with Gasteiger partial charge in [0, 0.05) is 13.7 Å². The van der Waals surface area contributed by atoms with Gasteiger partial charge >= 0.3 is 0 Å². The highest BCUT2D eigenvalue weighted by Crippen LogP contribution is 2.30. The number of hydrogen-bond acceptors (Lipinski definition) is 5. The van der Waals surface area contributed by atoms with E-state index in [1.807, 2.05) is 4.68 Å². The summed E-state index contributed by atoms with van der Waals surface area (Å²) in [6.07, 6.45) is 2.60. The Morgan fingerprint density at radius 3 is 2.85 bits per heavy atom. The quantitative estimate of drug-likeness (QED) is 0.795. The van der Waals surface area contributed by atoms with Gasteiger partial charge in [0.1, 0.15) is 0 Å². The third-order valence-corrected chi connectivity index (χ3v) is 4.04. The Labute approximate surface area is 121 Å². The summed E-state index contributed by atoms with van der Waals surface area (Å²) in [5, 5.41) is 12.3. The molecule has 0 amide bonds. The first-order valence-electron chi connectivity index (χ1n) is 7.62. The minimum absolute atomic E-state index is 0.296. The predicted molar refractivity (Wildman–Crippen MR) is 77.2 cm³/mol. The summed E-state index contributed by atoms with van der Waals surface area (Å²) in [6, 6.07) is 0.296. The summed E-state index contributed by atoms with van der Waals surface area (Å²) < 4.78 is 7.04. The Hall–Kier alpha value is -1.01. The van der Waals surface area contributed by atoms with Gasteiger partial charge < -0.3 is 4.74 Å². The molecule has 2 heterocycles. The van der Waals surface area contributed by atoms with Crippen LogP contribution in [0.2, 0.25) is 0 Å². The fourth-order valence-electron chi connectivity index (χ4n) is 3.12. The Bertz CT molecular complexity index is 406. The van der Waals surface area contributed by atoms with Crippen molar-refractivity contribution < 1.29 is 4.74 Å². The SMILES string of the molecule is COCCn1nnnc1[C@H](C(C)C)N1CCC[C@H](C)C1. The van der Waals surface area contributed by atoms with Crippen LogP contribution in [-0.4, -0.2) is 51.9 Å². The average Bonchev–Trinajstić information content (AvgIpc) is 2.84. The van der Waals surface area contributed by atoms with Crippen LogP contribution in [0.3, 0.4) is 0 Å². The molecule has 114 valence electrons. The van der Waals surface area contributed by atoms with Crippen molar-refractivity contribution in [3.63, 3.8) is 0 Å². The number of methoxy groups -OCH3 is 1. The van der Waals surface area contributed by atoms with Gasteiger partial charge in [-0.3, -0.25) is 4.90 Å². The highest BCUT2D eigenvalue weighted by atomic mass is 16.5. The van der Waals surface area contributed by atoms with E-state index in [4.69, 9.17) is 4.74 Å². The molecule has 2 atom stereocenters. The van der Waals surface area contributed by atoms with E-state index in [0.717, 1.165) is 24.8 Å². The van der Waals surface area contributed by atoms with Gasteiger partial charge in [0.2, 0.25) is 0 Å². The van der Waals surface area contributed by atoms with E-state index >= 15 is 0 Å². The standard InChI is InChI=1S/C14H27N5O/c1-11(2)13(18-7-5-6-12(3)10-18)14-15-16-17-19(14)8-9-20-4/h11-13H,5-10H2,1-4H3/t12-,13-/m0/s1. The second-order valence-electron chi connectivity index (χ2n) is 6.18. The zero-order valence-corrected chi connectivity index (χ0v) is 13.1. The highest BCUT2D eigenvalue weighted by molar-refractivity contribution is 4.96. The smallest absolute Gasteiger partial charge is 0.168 e. The third kappa shape index (κ3) is 3.55. The molecule has 6 nitrogen and oxygen atoms in total. The summed E-state index contributed by atoms with van der Waals surface area (Å²) in [6.45, 7) is 10.5. The maximum Gasteiger partial charge on any atom is 0.168 e. The van der Waals surface area contributed by atoms with Crippen molar-refractivity contribution in [3.8, 4) is 0 Å². The van der Waals surface area contributed by atoms with Crippen molar-refractivity contribution in [1.29, 1.82) is 0 Å². The molecule has 0 unspecified atom stereocenters. The molecule has 20 heavy (non-hydrogen) atoms. The number of tetrazole rings is 1. The molecule has 1 aliphatic rings. The maximum absolute atomic E-state index is 5.14. The molecule has 1 aromatic rings. The van der Waals surface area contributed by atoms with Gasteiger partial charge in [-0.1, -0.05) is 20.8 Å². The first-order valence-corrected chi connectivity index (χ1v) is 7.62. The van der Waals surface area contributed by atoms with Crippen LogP contribution in [0.5, 0.6) is 0 Å². The Balaban J connectivity index is 2.17. The first kappa shape index (κ1) is 15.4. The summed E-state index contributed by atoms with van der Waals surface area (Å²) in [7, 11) is 1.70. The lowest BCUT2D eigenvalue weighted by Gasteiger charge is -2.38. The van der Waals surface area contributed by atoms with E-state index in [-0.39, 0.29) is 0 Å². The molecule has 0 N–H and O–H groups in total. The minimum Gasteiger partial charge on any atom is -0.383 e. The van der Waals surface area contributed by atoms with Crippen LogP contribution in [0.1, 0.15) is 45.5 Å². The van der Waals surface area contributed by atoms with Crippen molar-refractivity contribution in [2.45, 2.75) is 46.2 Å². The zero-order valence-electron chi connectivity index (χ0n) is 13.1. The van der Waals surface area contributed by atoms with Gasteiger partial charge in [0.25, 0.3) is 0 Å². The molecular formula is C14H27N5O. The summed E-state index contributed by atoms with van der Waals surface area (Å²) in [5.74, 6) is 2.23. The second-order valence-corrected chi connectivity index (χ2v) is 6.18. The summed E-state index contributed by atoms with van der Waals surface area (Å²) in [4.78, 5) is 2.55. The van der Waals surface area contributed by atoms with Crippen LogP contribution in [-0.2, 0) is 11.3 Å². The number of nitrogens with zero attached hydrogens (tertiary/aromatic N) is 5. The molecule has 0 radical (unpaired) electrons. The Morgan fingerprint density at radius 1 is 1.40 bits per heavy atom. The number of aromatic nitrogens is 4. The van der Waals surface area contributed by atoms with Crippen molar-refractivity contribution in [2.75, 3.05) is 26.8 Å². The molecule has 2 rings (SSSR count). The van der Waals surface area contributed by atoms with Crippen LogP contribution in [0, 0.1) is 11.8 Å². The van der Waals surface area contributed by atoms with Gasteiger partial charge in [0.15, 0.2) is 5.82 Å². The van der Waals surface area contributed by atoms with Crippen molar-refractivity contribution in [3.05, 3.63) is 5.82 Å². The Morgan fingerprint density at radius 2 is 2.20 bits per heavy atom. The van der Waals surface area contributed by atoms with Crippen LogP contribution >= 0.6 is 0 Å². The number of hydrogen-bond donors (Lipinski definition) is 0. The van der Waals surface area contributed by atoms with E-state index in [9.17, 15) is 0 Å². The molecule has 6 heteroatoms. The molecule has 1 aromatic heterocycles. The monoisotopic (exact) mass is 281 g/mol. The lowest BCUT2D eigenvalue weighted by molar-refractivity contribution is 0.0903. The largest absolute Gasteiger partial charge is 0.383 e. The topological polar surface area (TPSA) is 56.1 Å². The molecular weight excluding hydrogens is 254 g/mol. The van der Waals surface area contributed by atoms with E-state index in [0.29, 0.717) is 25.1 Å². The molecule has 0 aliphatic carbocycles. The molecule has 1 aliphatic heterocycles. The van der Waals surface area contributed by atoms with E-state index in [1.165, 1.54) is 12.8 Å². The summed E-state index contributed by atoms with van der Waals surface area (Å²) >= 11 is 0. The van der Waals surface area contributed by atoms with E-state index in [2.05, 4.69) is 41.2 Å². The van der Waals surface area contributed by atoms with Gasteiger partial charge in [0.05, 0.1) is 19.2 Å². The van der Waals surface area contributed by atoms with Gasteiger partial charge in [-0.05, 0) is 41.6 Å². The van der Waals surface area contributed by atoms with E-state index in [1.54, 1.807) is 7.11 Å². The van der Waals surface area contributed by atoms with Gasteiger partial charge in [-0.15, -0.1) is 5.10 Å². The number of ether oxygens (including phenoxy) is 1. The number of likely N-dealkylation sites (tertiary alicyclic amines) is 1. The maximum atomic E-state index is 5.14. The van der Waals surface area contributed by atoms with Crippen molar-refractivity contribution in [1.82, 2.24) is 25.1 Å². The van der Waals surface area contributed by atoms with Crippen LogP contribution in [0.25, 0.3) is 0 Å². The van der Waals surface area contributed by atoms with Crippen molar-refractivity contribution in [2.24, 2.45) is 11.8 Å². The lowest BCUT2D eigenvalue weighted by atomic mass is 9.94. The molecule has 1 saturated heterocycles. The van der Waals surface area contributed by atoms with Gasteiger partial charge in [-0.25, -0.2) is 4.68 Å². The minimum atomic E-state index is 0.296. The predicted octanol–water partition coefficient (Wildman–Crippen LogP) is 1.75. The summed E-state index contributed by atoms with van der Waals surface area (Å²) in [5.41, 5.74) is 0. The normalized spacial score (nSPS) is 22.4. The lowest BCUT2D eigenvalue weighted by Crippen LogP contribution is -2.40. The van der Waals surface area contributed by atoms with Crippen LogP contribution in [0.4, 0.5) is 0 Å². The first-order chi connectivity index (χ1) is 9.63. The fourth-order valence-corrected chi connectivity index (χ4v) is 3.12. The van der Waals surface area contributed by atoms with Gasteiger partial charge in [-0.2, -0.15) is 0 Å². The van der Waals surface area contributed by atoms with Crippen molar-refractivity contribution >= 4 is 0 Å². The van der Waals surface area contributed by atoms with Crippen LogP contribution < -0.4 is 0 Å². The highest BCUT2D eigenvalue weighted by Gasteiger charge is 2.31.